The van der Waals surface area contributed by atoms with Crippen molar-refractivity contribution in [2.75, 3.05) is 26.8 Å². The van der Waals surface area contributed by atoms with Crippen molar-refractivity contribution >= 4 is 29.7 Å². The van der Waals surface area contributed by atoms with Gasteiger partial charge in [-0.25, -0.2) is 0 Å². The van der Waals surface area contributed by atoms with Crippen molar-refractivity contribution in [3.63, 3.8) is 0 Å². The summed E-state index contributed by atoms with van der Waals surface area (Å²) in [5, 5.41) is 2.93. The van der Waals surface area contributed by atoms with Gasteiger partial charge in [0.05, 0.1) is 17.1 Å². The fourth-order valence-corrected chi connectivity index (χ4v) is 5.26. The van der Waals surface area contributed by atoms with Crippen LogP contribution < -0.4 is 5.32 Å². The highest BCUT2D eigenvalue weighted by molar-refractivity contribution is 8.04. The number of carbonyl (C=O) groups is 2. The molecule has 0 spiro atoms. The van der Waals surface area contributed by atoms with Gasteiger partial charge in [-0.05, 0) is 36.6 Å². The first kappa shape index (κ1) is 22.7. The Morgan fingerprint density at radius 3 is 2.63 bits per heavy atom. The summed E-state index contributed by atoms with van der Waals surface area (Å²) in [6.45, 7) is 0.726. The summed E-state index contributed by atoms with van der Waals surface area (Å²) >= 11 is 1.48. The molecule has 2 atom stereocenters. The number of nitrogens with zero attached hydrogens (tertiary/aromatic N) is 1. The number of hydrogen-bond donors (Lipinski definition) is 1. The van der Waals surface area contributed by atoms with Crippen molar-refractivity contribution in [1.29, 1.82) is 0 Å². The lowest BCUT2D eigenvalue weighted by molar-refractivity contribution is -0.137. The summed E-state index contributed by atoms with van der Waals surface area (Å²) in [4.78, 5) is 27.5. The lowest BCUT2D eigenvalue weighted by Gasteiger charge is -2.43. The molecule has 1 aliphatic heterocycles. The topological polar surface area (TPSA) is 58.6 Å². The first-order valence-corrected chi connectivity index (χ1v) is 10.8. The number of ether oxygens (including phenoxy) is 1. The molecule has 1 aromatic rings. The van der Waals surface area contributed by atoms with E-state index >= 15 is 0 Å². The molecule has 1 heterocycles. The molecule has 3 rings (SSSR count). The number of rotatable bonds is 6. The Morgan fingerprint density at radius 2 is 1.97 bits per heavy atom. The number of hydrogen-bond acceptors (Lipinski definition) is 4. The standard InChI is InChI=1S/C21H25F3N2O3S/c1-29-11-10-25-19(27)13-26-16-4-2-3-5-17(16)30-18(20(26)28)12-14-6-8-15(9-7-14)21(22,23)24/h6-9,12,16-17H,2-5,10-11,13H2,1H3,(H,25,27)/b18-12+. The first-order chi connectivity index (χ1) is 14.3. The number of amides is 2. The molecule has 5 nitrogen and oxygen atoms in total. The van der Waals surface area contributed by atoms with E-state index < -0.39 is 11.7 Å². The predicted octanol–water partition coefficient (Wildman–Crippen LogP) is 3.70. The zero-order valence-corrected chi connectivity index (χ0v) is 17.5. The zero-order chi connectivity index (χ0) is 21.7. The van der Waals surface area contributed by atoms with E-state index in [-0.39, 0.29) is 29.7 Å². The number of fused-ring (bicyclic) bond motifs is 1. The second kappa shape index (κ2) is 9.87. The van der Waals surface area contributed by atoms with Crippen LogP contribution in [0.5, 0.6) is 0 Å². The van der Waals surface area contributed by atoms with Gasteiger partial charge < -0.3 is 15.0 Å². The van der Waals surface area contributed by atoms with E-state index in [1.807, 2.05) is 0 Å². The monoisotopic (exact) mass is 442 g/mol. The minimum Gasteiger partial charge on any atom is -0.383 e. The maximum absolute atomic E-state index is 13.1. The Labute approximate surface area is 178 Å². The molecule has 2 unspecified atom stereocenters. The number of nitrogens with one attached hydrogen (secondary N) is 1. The number of benzene rings is 1. The lowest BCUT2D eigenvalue weighted by Crippen LogP contribution is -2.54. The summed E-state index contributed by atoms with van der Waals surface area (Å²) in [7, 11) is 1.54. The Kier molecular flexibility index (Phi) is 7.46. The van der Waals surface area contributed by atoms with Gasteiger partial charge >= 0.3 is 6.18 Å². The molecule has 1 saturated heterocycles. The SMILES string of the molecule is COCCNC(=O)CN1C(=O)/C(=C\c2ccc(C(F)(F)F)cc2)SC2CCCCC21. The van der Waals surface area contributed by atoms with Crippen LogP contribution in [-0.4, -0.2) is 54.8 Å². The maximum atomic E-state index is 13.1. The smallest absolute Gasteiger partial charge is 0.383 e. The van der Waals surface area contributed by atoms with Gasteiger partial charge in [-0.3, -0.25) is 9.59 Å². The molecule has 9 heteroatoms. The minimum atomic E-state index is -4.40. The van der Waals surface area contributed by atoms with E-state index in [0.717, 1.165) is 37.8 Å². The van der Waals surface area contributed by atoms with Crippen molar-refractivity contribution in [2.45, 2.75) is 43.2 Å². The van der Waals surface area contributed by atoms with E-state index in [1.54, 1.807) is 18.1 Å². The molecular weight excluding hydrogens is 417 g/mol. The number of halogens is 3. The number of alkyl halides is 3. The van der Waals surface area contributed by atoms with E-state index in [2.05, 4.69) is 5.32 Å². The van der Waals surface area contributed by atoms with Crippen LogP contribution in [0.4, 0.5) is 13.2 Å². The second-order valence-corrected chi connectivity index (χ2v) is 8.69. The van der Waals surface area contributed by atoms with Crippen LogP contribution in [0, 0.1) is 0 Å². The van der Waals surface area contributed by atoms with Crippen molar-refractivity contribution in [3.8, 4) is 0 Å². The van der Waals surface area contributed by atoms with Crippen molar-refractivity contribution in [2.24, 2.45) is 0 Å². The van der Waals surface area contributed by atoms with Gasteiger partial charge in [0, 0.05) is 24.9 Å². The summed E-state index contributed by atoms with van der Waals surface area (Å²) in [5.41, 5.74) is -0.202. The molecule has 1 aliphatic carbocycles. The molecule has 1 aromatic carbocycles. The van der Waals surface area contributed by atoms with Crippen LogP contribution >= 0.6 is 11.8 Å². The molecule has 164 valence electrons. The third-order valence-electron chi connectivity index (χ3n) is 5.30. The molecule has 1 saturated carbocycles. The van der Waals surface area contributed by atoms with Crippen LogP contribution in [-0.2, 0) is 20.5 Å². The average Bonchev–Trinajstić information content (AvgIpc) is 2.71. The molecule has 0 bridgehead atoms. The van der Waals surface area contributed by atoms with Crippen LogP contribution in [0.2, 0.25) is 0 Å². The zero-order valence-electron chi connectivity index (χ0n) is 16.7. The summed E-state index contributed by atoms with van der Waals surface area (Å²) in [6, 6.07) is 4.73. The van der Waals surface area contributed by atoms with Gasteiger partial charge in [0.1, 0.15) is 6.54 Å². The largest absolute Gasteiger partial charge is 0.416 e. The Bertz CT molecular complexity index is 796. The number of methoxy groups -OCH3 is 1. The minimum absolute atomic E-state index is 0.00539. The summed E-state index contributed by atoms with van der Waals surface area (Å²) < 4.78 is 43.3. The molecule has 0 aromatic heterocycles. The summed E-state index contributed by atoms with van der Waals surface area (Å²) in [5.74, 6) is -0.490. The van der Waals surface area contributed by atoms with Crippen molar-refractivity contribution in [1.82, 2.24) is 10.2 Å². The number of carbonyl (C=O) groups excluding carboxylic acids is 2. The van der Waals surface area contributed by atoms with Crippen molar-refractivity contribution in [3.05, 3.63) is 40.3 Å². The number of thioether (sulfide) groups is 1. The third kappa shape index (κ3) is 5.57. The highest BCUT2D eigenvalue weighted by Crippen LogP contribution is 2.42. The fraction of sp³-hybridized carbons (Fsp3) is 0.524. The first-order valence-electron chi connectivity index (χ1n) is 9.92. The average molecular weight is 443 g/mol. The second-order valence-electron chi connectivity index (χ2n) is 7.41. The Hall–Kier alpha value is -2.00. The molecular formula is C21H25F3N2O3S. The molecule has 2 fully saturated rings. The van der Waals surface area contributed by atoms with E-state index in [9.17, 15) is 22.8 Å². The Balaban J connectivity index is 1.78. The van der Waals surface area contributed by atoms with Crippen LogP contribution in [0.1, 0.15) is 36.8 Å². The molecule has 0 radical (unpaired) electrons. The van der Waals surface area contributed by atoms with E-state index in [1.165, 1.54) is 23.9 Å². The molecule has 1 N–H and O–H groups in total. The van der Waals surface area contributed by atoms with Gasteiger partial charge in [0.2, 0.25) is 5.91 Å². The lowest BCUT2D eigenvalue weighted by atomic mass is 9.93. The van der Waals surface area contributed by atoms with Gasteiger partial charge in [0.25, 0.3) is 5.91 Å². The van der Waals surface area contributed by atoms with Gasteiger partial charge in [-0.2, -0.15) is 13.2 Å². The molecule has 2 amide bonds. The van der Waals surface area contributed by atoms with Gasteiger partial charge in [0.15, 0.2) is 0 Å². The van der Waals surface area contributed by atoms with Gasteiger partial charge in [-0.15, -0.1) is 11.8 Å². The maximum Gasteiger partial charge on any atom is 0.416 e. The van der Waals surface area contributed by atoms with E-state index in [4.69, 9.17) is 4.74 Å². The van der Waals surface area contributed by atoms with Gasteiger partial charge in [-0.1, -0.05) is 25.0 Å². The highest BCUT2D eigenvalue weighted by atomic mass is 32.2. The van der Waals surface area contributed by atoms with Crippen LogP contribution in [0.15, 0.2) is 29.2 Å². The molecule has 30 heavy (non-hydrogen) atoms. The van der Waals surface area contributed by atoms with Crippen molar-refractivity contribution < 1.29 is 27.5 Å². The summed E-state index contributed by atoms with van der Waals surface area (Å²) in [6.07, 6.45) is 1.08. The highest BCUT2D eigenvalue weighted by Gasteiger charge is 2.41. The van der Waals surface area contributed by atoms with E-state index in [0.29, 0.717) is 23.6 Å². The fourth-order valence-electron chi connectivity index (χ4n) is 3.78. The van der Waals surface area contributed by atoms with Crippen LogP contribution in [0.3, 0.4) is 0 Å². The third-order valence-corrected chi connectivity index (χ3v) is 6.70. The quantitative estimate of drug-likeness (QED) is 0.539. The molecule has 2 aliphatic rings. The predicted molar refractivity (Wildman–Crippen MR) is 110 cm³/mol. The normalized spacial score (nSPS) is 23.4. The Morgan fingerprint density at radius 1 is 1.27 bits per heavy atom. The van der Waals surface area contributed by atoms with Crippen LogP contribution in [0.25, 0.3) is 6.08 Å².